The third kappa shape index (κ3) is 3.53. The second kappa shape index (κ2) is 7.65. The van der Waals surface area contributed by atoms with E-state index in [2.05, 4.69) is 25.7 Å². The second-order valence-corrected chi connectivity index (χ2v) is 6.59. The Morgan fingerprint density at radius 1 is 1.17 bits per heavy atom. The van der Waals surface area contributed by atoms with Gasteiger partial charge in [-0.25, -0.2) is 4.39 Å². The fraction of sp³-hybridized carbons (Fsp3) is 0.364. The number of fused-ring (bicyclic) bond motifs is 1. The molecule has 0 atom stereocenters. The minimum absolute atomic E-state index is 0.0581. The Bertz CT molecular complexity index is 739. The molecule has 2 aromatic rings. The summed E-state index contributed by atoms with van der Waals surface area (Å²) < 4.78 is 20.5. The molecule has 2 aromatic carbocycles. The molecule has 1 fully saturated rings. The van der Waals surface area contributed by atoms with Gasteiger partial charge in [-0.1, -0.05) is 36.9 Å². The van der Waals surface area contributed by atoms with Crippen LogP contribution in [0.4, 0.5) is 4.39 Å². The number of allylic oxidation sites excluding steroid dienone is 2. The molecule has 0 aromatic heterocycles. The van der Waals surface area contributed by atoms with Gasteiger partial charge in [0.1, 0.15) is 18.2 Å². The van der Waals surface area contributed by atoms with Gasteiger partial charge in [0.25, 0.3) is 0 Å². The van der Waals surface area contributed by atoms with Gasteiger partial charge in [0.15, 0.2) is 0 Å². The molecule has 0 aliphatic heterocycles. The SMILES string of the molecule is C=CCOc1ccc2c(F)c(C3CCC(/C=C/C)CC3)ccc2c1. The molecule has 0 heterocycles. The summed E-state index contributed by atoms with van der Waals surface area (Å²) in [5, 5.41) is 1.58. The van der Waals surface area contributed by atoms with Crippen LogP contribution in [-0.4, -0.2) is 6.61 Å². The van der Waals surface area contributed by atoms with Crippen molar-refractivity contribution in [1.29, 1.82) is 0 Å². The lowest BCUT2D eigenvalue weighted by Gasteiger charge is -2.27. The van der Waals surface area contributed by atoms with Crippen LogP contribution in [0.15, 0.2) is 55.1 Å². The van der Waals surface area contributed by atoms with Crippen LogP contribution < -0.4 is 4.74 Å². The zero-order valence-corrected chi connectivity index (χ0v) is 14.3. The molecule has 0 bridgehead atoms. The van der Waals surface area contributed by atoms with Gasteiger partial charge in [-0.3, -0.25) is 0 Å². The monoisotopic (exact) mass is 324 g/mol. The Morgan fingerprint density at radius 2 is 1.96 bits per heavy atom. The largest absolute Gasteiger partial charge is 0.490 e. The van der Waals surface area contributed by atoms with Gasteiger partial charge < -0.3 is 4.74 Å². The minimum Gasteiger partial charge on any atom is -0.490 e. The summed E-state index contributed by atoms with van der Waals surface area (Å²) in [6.07, 6.45) is 10.6. The van der Waals surface area contributed by atoms with Crippen molar-refractivity contribution in [2.24, 2.45) is 5.92 Å². The van der Waals surface area contributed by atoms with Crippen LogP contribution in [0.2, 0.25) is 0 Å². The molecule has 0 spiro atoms. The van der Waals surface area contributed by atoms with Crippen molar-refractivity contribution in [1.82, 2.24) is 0 Å². The Labute approximate surface area is 143 Å². The van der Waals surface area contributed by atoms with E-state index in [4.69, 9.17) is 4.74 Å². The summed E-state index contributed by atoms with van der Waals surface area (Å²) in [5.41, 5.74) is 0.876. The van der Waals surface area contributed by atoms with Gasteiger partial charge in [0, 0.05) is 5.39 Å². The summed E-state index contributed by atoms with van der Waals surface area (Å²) in [6, 6.07) is 9.55. The molecule has 0 radical (unpaired) electrons. The predicted molar refractivity (Wildman–Crippen MR) is 99.1 cm³/mol. The highest BCUT2D eigenvalue weighted by Crippen LogP contribution is 2.39. The summed E-state index contributed by atoms with van der Waals surface area (Å²) >= 11 is 0. The third-order valence-corrected chi connectivity index (χ3v) is 5.00. The van der Waals surface area contributed by atoms with Crippen molar-refractivity contribution in [3.63, 3.8) is 0 Å². The van der Waals surface area contributed by atoms with Crippen LogP contribution in [0, 0.1) is 11.7 Å². The molecule has 0 N–H and O–H groups in total. The van der Waals surface area contributed by atoms with Crippen LogP contribution in [-0.2, 0) is 0 Å². The lowest BCUT2D eigenvalue weighted by molar-refractivity contribution is 0.363. The maximum absolute atomic E-state index is 15.0. The van der Waals surface area contributed by atoms with Gasteiger partial charge in [-0.15, -0.1) is 0 Å². The van der Waals surface area contributed by atoms with Gasteiger partial charge in [-0.05, 0) is 73.6 Å². The number of benzene rings is 2. The zero-order chi connectivity index (χ0) is 16.9. The smallest absolute Gasteiger partial charge is 0.134 e. The first-order chi connectivity index (χ1) is 11.7. The van der Waals surface area contributed by atoms with E-state index in [1.54, 1.807) is 6.08 Å². The Kier molecular flexibility index (Phi) is 5.34. The molecule has 2 heteroatoms. The normalized spacial score (nSPS) is 21.2. The fourth-order valence-corrected chi connectivity index (χ4v) is 3.74. The number of rotatable bonds is 5. The lowest BCUT2D eigenvalue weighted by atomic mass is 9.78. The number of hydrogen-bond acceptors (Lipinski definition) is 1. The summed E-state index contributed by atoms with van der Waals surface area (Å²) in [7, 11) is 0. The molecule has 0 amide bonds. The van der Waals surface area contributed by atoms with Crippen molar-refractivity contribution >= 4 is 10.8 Å². The molecule has 0 saturated heterocycles. The quantitative estimate of drug-likeness (QED) is 0.579. The van der Waals surface area contributed by atoms with Crippen LogP contribution in [0.5, 0.6) is 5.75 Å². The van der Waals surface area contributed by atoms with E-state index in [9.17, 15) is 0 Å². The zero-order valence-electron chi connectivity index (χ0n) is 14.3. The molecule has 1 nitrogen and oxygen atoms in total. The van der Waals surface area contributed by atoms with E-state index in [-0.39, 0.29) is 5.82 Å². The second-order valence-electron chi connectivity index (χ2n) is 6.59. The molecule has 1 aliphatic rings. The first kappa shape index (κ1) is 16.8. The Morgan fingerprint density at radius 3 is 2.67 bits per heavy atom. The predicted octanol–water partition coefficient (Wildman–Crippen LogP) is 6.39. The number of hydrogen-bond donors (Lipinski definition) is 0. The first-order valence-corrected chi connectivity index (χ1v) is 8.81. The maximum atomic E-state index is 15.0. The highest BCUT2D eigenvalue weighted by atomic mass is 19.1. The van der Waals surface area contributed by atoms with Crippen LogP contribution in [0.25, 0.3) is 10.8 Å². The molecule has 1 aliphatic carbocycles. The topological polar surface area (TPSA) is 9.23 Å². The molecular weight excluding hydrogens is 299 g/mol. The van der Waals surface area contributed by atoms with E-state index in [0.717, 1.165) is 42.4 Å². The maximum Gasteiger partial charge on any atom is 0.134 e. The van der Waals surface area contributed by atoms with E-state index in [1.165, 1.54) is 0 Å². The summed E-state index contributed by atoms with van der Waals surface area (Å²) in [5.74, 6) is 1.70. The molecule has 24 heavy (non-hydrogen) atoms. The Hall–Kier alpha value is -2.09. The molecule has 0 unspecified atom stereocenters. The van der Waals surface area contributed by atoms with Crippen molar-refractivity contribution < 1.29 is 9.13 Å². The van der Waals surface area contributed by atoms with E-state index in [1.807, 2.05) is 30.3 Å². The average molecular weight is 324 g/mol. The van der Waals surface area contributed by atoms with Crippen LogP contribution in [0.3, 0.4) is 0 Å². The fourth-order valence-electron chi connectivity index (χ4n) is 3.74. The number of halogens is 1. The third-order valence-electron chi connectivity index (χ3n) is 5.00. The minimum atomic E-state index is -0.0581. The molecule has 1 saturated carbocycles. The van der Waals surface area contributed by atoms with E-state index < -0.39 is 0 Å². The van der Waals surface area contributed by atoms with Crippen molar-refractivity contribution in [3.8, 4) is 5.75 Å². The van der Waals surface area contributed by atoms with Gasteiger partial charge >= 0.3 is 0 Å². The first-order valence-electron chi connectivity index (χ1n) is 8.81. The lowest BCUT2D eigenvalue weighted by Crippen LogP contribution is -2.13. The molecular formula is C22H25FO. The van der Waals surface area contributed by atoms with Crippen LogP contribution >= 0.6 is 0 Å². The van der Waals surface area contributed by atoms with Crippen LogP contribution in [0.1, 0.15) is 44.1 Å². The highest BCUT2D eigenvalue weighted by Gasteiger charge is 2.23. The highest BCUT2D eigenvalue weighted by molar-refractivity contribution is 5.85. The van der Waals surface area contributed by atoms with E-state index in [0.29, 0.717) is 23.8 Å². The average Bonchev–Trinajstić information content (AvgIpc) is 2.61. The van der Waals surface area contributed by atoms with Gasteiger partial charge in [0.2, 0.25) is 0 Å². The Balaban J connectivity index is 1.82. The number of ether oxygens (including phenoxy) is 1. The van der Waals surface area contributed by atoms with Crippen molar-refractivity contribution in [3.05, 3.63) is 66.5 Å². The van der Waals surface area contributed by atoms with E-state index >= 15 is 4.39 Å². The van der Waals surface area contributed by atoms with Crippen molar-refractivity contribution in [2.75, 3.05) is 6.61 Å². The van der Waals surface area contributed by atoms with Gasteiger partial charge in [-0.2, -0.15) is 0 Å². The molecule has 3 rings (SSSR count). The standard InChI is InChI=1S/C22H25FO/c1-3-5-16-6-8-17(9-7-16)20-12-10-18-15-19(24-14-4-2)11-13-21(18)22(20)23/h3-5,10-13,15-17H,2,6-9,14H2,1H3/b5-3+. The van der Waals surface area contributed by atoms with Gasteiger partial charge in [0.05, 0.1) is 0 Å². The van der Waals surface area contributed by atoms with Crippen molar-refractivity contribution in [2.45, 2.75) is 38.5 Å². The summed E-state index contributed by atoms with van der Waals surface area (Å²) in [4.78, 5) is 0. The molecule has 126 valence electrons. The summed E-state index contributed by atoms with van der Waals surface area (Å²) in [6.45, 7) is 6.17.